The largest absolute Gasteiger partial charge is 0.490 e. The summed E-state index contributed by atoms with van der Waals surface area (Å²) in [4.78, 5) is 0. The number of unbranched alkanes of at least 4 members (excludes halogenated alkanes) is 1. The minimum absolute atomic E-state index is 0.0892. The molecule has 3 aromatic carbocycles. The summed E-state index contributed by atoms with van der Waals surface area (Å²) in [6.45, 7) is 3.85. The fourth-order valence-electron chi connectivity index (χ4n) is 3.20. The molecule has 0 aliphatic carbocycles. The summed E-state index contributed by atoms with van der Waals surface area (Å²) in [5.74, 6) is -3.67. The zero-order valence-electron chi connectivity index (χ0n) is 17.1. The molecule has 0 unspecified atom stereocenters. The Morgan fingerprint density at radius 1 is 0.733 bits per heavy atom. The van der Waals surface area contributed by atoms with Gasteiger partial charge in [0.15, 0.2) is 23.2 Å². The van der Waals surface area contributed by atoms with Crippen LogP contribution in [0.5, 0.6) is 5.75 Å². The van der Waals surface area contributed by atoms with Crippen LogP contribution in [0.3, 0.4) is 0 Å². The first kappa shape index (κ1) is 21.9. The van der Waals surface area contributed by atoms with Gasteiger partial charge in [-0.1, -0.05) is 49.7 Å². The first-order valence-electron chi connectivity index (χ1n) is 10.1. The normalized spacial score (nSPS) is 11.0. The average Bonchev–Trinajstić information content (AvgIpc) is 2.75. The molecule has 3 rings (SSSR count). The third kappa shape index (κ3) is 4.84. The van der Waals surface area contributed by atoms with Gasteiger partial charge in [-0.2, -0.15) is 4.39 Å². The average molecular weight is 416 g/mol. The first-order chi connectivity index (χ1) is 14.4. The lowest BCUT2D eigenvalue weighted by Crippen LogP contribution is -2.01. The maximum atomic E-state index is 14.5. The predicted molar refractivity (Wildman–Crippen MR) is 111 cm³/mol. The van der Waals surface area contributed by atoms with Crippen molar-refractivity contribution in [3.8, 4) is 16.9 Å². The summed E-state index contributed by atoms with van der Waals surface area (Å²) in [6, 6.07) is 13.0. The number of hydrogen-bond acceptors (Lipinski definition) is 1. The topological polar surface area (TPSA) is 9.23 Å². The zero-order chi connectivity index (χ0) is 21.7. The van der Waals surface area contributed by atoms with Crippen molar-refractivity contribution in [2.45, 2.75) is 39.5 Å². The zero-order valence-corrected chi connectivity index (χ0v) is 17.1. The van der Waals surface area contributed by atoms with Crippen LogP contribution in [0, 0.1) is 30.2 Å². The monoisotopic (exact) mass is 416 g/mol. The van der Waals surface area contributed by atoms with E-state index in [1.807, 2.05) is 6.92 Å². The molecule has 0 amide bonds. The van der Waals surface area contributed by atoms with E-state index >= 15 is 0 Å². The Labute approximate surface area is 174 Å². The Hall–Kier alpha value is -2.82. The fraction of sp³-hybridized carbons (Fsp3) is 0.280. The highest BCUT2D eigenvalue weighted by Crippen LogP contribution is 2.30. The lowest BCUT2D eigenvalue weighted by atomic mass is 9.99. The molecule has 0 aliphatic rings. The van der Waals surface area contributed by atoms with E-state index in [1.54, 1.807) is 36.4 Å². The second-order valence-electron chi connectivity index (χ2n) is 7.31. The van der Waals surface area contributed by atoms with E-state index in [0.717, 1.165) is 18.4 Å². The molecule has 0 atom stereocenters. The fourth-order valence-corrected chi connectivity index (χ4v) is 3.20. The third-order valence-corrected chi connectivity index (χ3v) is 5.11. The van der Waals surface area contributed by atoms with Crippen molar-refractivity contribution in [3.63, 3.8) is 0 Å². The van der Waals surface area contributed by atoms with E-state index in [0.29, 0.717) is 30.6 Å². The number of aryl methyl sites for hydroxylation is 3. The summed E-state index contributed by atoms with van der Waals surface area (Å²) in [6.07, 6.45) is 2.51. The van der Waals surface area contributed by atoms with Crippen molar-refractivity contribution >= 4 is 0 Å². The van der Waals surface area contributed by atoms with Crippen LogP contribution in [-0.2, 0) is 12.8 Å². The highest BCUT2D eigenvalue weighted by atomic mass is 19.2. The van der Waals surface area contributed by atoms with E-state index in [2.05, 4.69) is 0 Å². The Morgan fingerprint density at radius 2 is 1.47 bits per heavy atom. The molecule has 0 radical (unpaired) electrons. The molecular formula is C25H24F4O. The van der Waals surface area contributed by atoms with Gasteiger partial charge >= 0.3 is 0 Å². The van der Waals surface area contributed by atoms with E-state index in [4.69, 9.17) is 4.74 Å². The van der Waals surface area contributed by atoms with Gasteiger partial charge in [0.2, 0.25) is 5.82 Å². The van der Waals surface area contributed by atoms with Gasteiger partial charge in [-0.3, -0.25) is 0 Å². The summed E-state index contributed by atoms with van der Waals surface area (Å²) in [5.41, 5.74) is 2.15. The van der Waals surface area contributed by atoms with E-state index < -0.39 is 23.3 Å². The maximum absolute atomic E-state index is 14.5. The quantitative estimate of drug-likeness (QED) is 0.279. The highest BCUT2D eigenvalue weighted by molar-refractivity contribution is 5.65. The van der Waals surface area contributed by atoms with Crippen LogP contribution in [0.4, 0.5) is 17.6 Å². The molecular weight excluding hydrogens is 392 g/mol. The Bertz CT molecular complexity index is 1010. The third-order valence-electron chi connectivity index (χ3n) is 5.11. The van der Waals surface area contributed by atoms with E-state index in [9.17, 15) is 17.6 Å². The second-order valence-corrected chi connectivity index (χ2v) is 7.31. The minimum atomic E-state index is -0.996. The van der Waals surface area contributed by atoms with Gasteiger partial charge in [0.1, 0.15) is 0 Å². The molecule has 0 aromatic heterocycles. The van der Waals surface area contributed by atoms with Gasteiger partial charge in [-0.25, -0.2) is 13.2 Å². The molecule has 0 heterocycles. The second kappa shape index (κ2) is 9.79. The van der Waals surface area contributed by atoms with Gasteiger partial charge in [-0.15, -0.1) is 0 Å². The summed E-state index contributed by atoms with van der Waals surface area (Å²) >= 11 is 0. The van der Waals surface area contributed by atoms with Crippen LogP contribution < -0.4 is 4.74 Å². The molecule has 0 N–H and O–H groups in total. The number of halogens is 4. The van der Waals surface area contributed by atoms with Crippen molar-refractivity contribution < 1.29 is 22.3 Å². The van der Waals surface area contributed by atoms with Gasteiger partial charge in [-0.05, 0) is 60.6 Å². The van der Waals surface area contributed by atoms with Crippen LogP contribution in [0.2, 0.25) is 0 Å². The summed E-state index contributed by atoms with van der Waals surface area (Å²) < 4.78 is 61.8. The molecule has 0 bridgehead atoms. The number of rotatable bonds is 8. The summed E-state index contributed by atoms with van der Waals surface area (Å²) in [5, 5.41) is 0. The minimum Gasteiger partial charge on any atom is -0.490 e. The van der Waals surface area contributed by atoms with E-state index in [-0.39, 0.29) is 16.9 Å². The molecule has 30 heavy (non-hydrogen) atoms. The van der Waals surface area contributed by atoms with Crippen LogP contribution in [0.15, 0.2) is 48.5 Å². The van der Waals surface area contributed by atoms with Gasteiger partial charge < -0.3 is 4.74 Å². The molecule has 158 valence electrons. The van der Waals surface area contributed by atoms with Crippen molar-refractivity contribution in [2.24, 2.45) is 0 Å². The van der Waals surface area contributed by atoms with Crippen molar-refractivity contribution in [3.05, 3.63) is 88.5 Å². The molecule has 0 saturated carbocycles. The predicted octanol–water partition coefficient (Wildman–Crippen LogP) is 7.18. The SMILES string of the molecule is CCCCOc1ccc(-c2ccc(CCc3ccc(C)c(F)c3F)cc2)c(F)c1F. The van der Waals surface area contributed by atoms with E-state index in [1.165, 1.54) is 19.1 Å². The molecule has 3 aromatic rings. The smallest absolute Gasteiger partial charge is 0.201 e. The highest BCUT2D eigenvalue weighted by Gasteiger charge is 2.16. The standard InChI is InChI=1S/C25H24F4O/c1-3-4-15-30-21-14-13-20(24(28)25(21)29)18-10-6-17(7-11-18)8-12-19-9-5-16(2)22(26)23(19)27/h5-7,9-11,13-14H,3-4,8,12,15H2,1-2H3. The van der Waals surface area contributed by atoms with Crippen LogP contribution >= 0.6 is 0 Å². The Kier molecular flexibility index (Phi) is 7.14. The van der Waals surface area contributed by atoms with Crippen molar-refractivity contribution in [2.75, 3.05) is 6.61 Å². The lowest BCUT2D eigenvalue weighted by molar-refractivity contribution is 0.289. The molecule has 0 aliphatic heterocycles. The molecule has 0 spiro atoms. The molecule has 0 saturated heterocycles. The number of benzene rings is 3. The summed E-state index contributed by atoms with van der Waals surface area (Å²) in [7, 11) is 0. The first-order valence-corrected chi connectivity index (χ1v) is 10.1. The Balaban J connectivity index is 1.71. The van der Waals surface area contributed by atoms with Gasteiger partial charge in [0.05, 0.1) is 6.61 Å². The van der Waals surface area contributed by atoms with Crippen LogP contribution in [0.1, 0.15) is 36.5 Å². The van der Waals surface area contributed by atoms with Crippen LogP contribution in [0.25, 0.3) is 11.1 Å². The number of ether oxygens (including phenoxy) is 1. The molecule has 1 nitrogen and oxygen atoms in total. The van der Waals surface area contributed by atoms with Crippen molar-refractivity contribution in [1.82, 2.24) is 0 Å². The lowest BCUT2D eigenvalue weighted by Gasteiger charge is -2.11. The number of hydrogen-bond donors (Lipinski definition) is 0. The molecule has 0 fully saturated rings. The molecule has 5 heteroatoms. The maximum Gasteiger partial charge on any atom is 0.201 e. The van der Waals surface area contributed by atoms with Crippen LogP contribution in [-0.4, -0.2) is 6.61 Å². The van der Waals surface area contributed by atoms with Gasteiger partial charge in [0.25, 0.3) is 0 Å². The van der Waals surface area contributed by atoms with Gasteiger partial charge in [0, 0.05) is 5.56 Å². The Morgan fingerprint density at radius 3 is 2.17 bits per heavy atom. The van der Waals surface area contributed by atoms with Crippen molar-refractivity contribution in [1.29, 1.82) is 0 Å².